The van der Waals surface area contributed by atoms with Crippen LogP contribution >= 0.6 is 0 Å². The van der Waals surface area contributed by atoms with Crippen LogP contribution in [0.4, 0.5) is 0 Å². The summed E-state index contributed by atoms with van der Waals surface area (Å²) in [5.41, 5.74) is 0.410. The van der Waals surface area contributed by atoms with Gasteiger partial charge in [0.2, 0.25) is 0 Å². The number of fused-ring (bicyclic) bond motifs is 1. The first kappa shape index (κ1) is 24.6. The second-order valence-corrected chi connectivity index (χ2v) is 13.4. The number of carboxylic acid groups (broad SMARTS) is 1. The van der Waals surface area contributed by atoms with E-state index in [1.165, 1.54) is 6.26 Å². The lowest BCUT2D eigenvalue weighted by Gasteiger charge is -2.44. The number of benzene rings is 2. The third-order valence-corrected chi connectivity index (χ3v) is 9.75. The third-order valence-electron chi connectivity index (χ3n) is 8.63. The van der Waals surface area contributed by atoms with E-state index in [1.54, 1.807) is 12.1 Å². The van der Waals surface area contributed by atoms with Crippen LogP contribution in [-0.2, 0) is 36.9 Å². The molecule has 0 spiro atoms. The van der Waals surface area contributed by atoms with E-state index in [0.29, 0.717) is 49.6 Å². The molecule has 196 valence electrons. The molecule has 3 aromatic rings. The van der Waals surface area contributed by atoms with E-state index in [1.807, 2.05) is 36.4 Å². The second-order valence-electron chi connectivity index (χ2n) is 11.4. The van der Waals surface area contributed by atoms with Crippen LogP contribution in [0, 0.1) is 11.8 Å². The largest absolute Gasteiger partial charge is 0.481 e. The van der Waals surface area contributed by atoms with Crippen molar-refractivity contribution in [2.45, 2.75) is 73.8 Å². The van der Waals surface area contributed by atoms with Crippen molar-refractivity contribution in [2.75, 3.05) is 12.9 Å². The van der Waals surface area contributed by atoms with Crippen LogP contribution in [-0.4, -0.2) is 41.9 Å². The molecule has 3 saturated carbocycles. The predicted octanol–water partition coefficient (Wildman–Crippen LogP) is 5.07. The Morgan fingerprint density at radius 1 is 1.00 bits per heavy atom. The summed E-state index contributed by atoms with van der Waals surface area (Å²) in [5.74, 6) is 1.04. The maximum absolute atomic E-state index is 12.7. The monoisotopic (exact) mass is 522 g/mol. The fraction of sp³-hybridized carbons (Fsp3) is 0.517. The number of sulfone groups is 1. The number of aliphatic carboxylic acids is 1. The summed E-state index contributed by atoms with van der Waals surface area (Å²) < 4.78 is 34.3. The summed E-state index contributed by atoms with van der Waals surface area (Å²) in [6.45, 7) is 1.40. The normalized spacial score (nSPS) is 26.4. The molecule has 0 radical (unpaired) electrons. The van der Waals surface area contributed by atoms with Gasteiger partial charge in [0.05, 0.1) is 22.4 Å². The average Bonchev–Trinajstić information content (AvgIpc) is 3.82. The minimum atomic E-state index is -3.47. The molecule has 3 aliphatic rings. The predicted molar refractivity (Wildman–Crippen MR) is 140 cm³/mol. The molecular formula is C29H34N2O5S. The summed E-state index contributed by atoms with van der Waals surface area (Å²) in [6, 6.07) is 14.9. The maximum atomic E-state index is 12.7. The van der Waals surface area contributed by atoms with Crippen molar-refractivity contribution in [3.63, 3.8) is 0 Å². The number of hydrogen-bond donors (Lipinski definition) is 1. The molecular weight excluding hydrogens is 488 g/mol. The molecule has 3 aliphatic carbocycles. The molecule has 3 fully saturated rings. The molecule has 1 aromatic heterocycles. The first-order chi connectivity index (χ1) is 17.7. The number of carboxylic acids is 1. The quantitative estimate of drug-likeness (QED) is 0.421. The number of aromatic nitrogens is 2. The molecule has 1 heterocycles. The third kappa shape index (κ3) is 4.48. The summed E-state index contributed by atoms with van der Waals surface area (Å²) in [4.78, 5) is 18.0. The van der Waals surface area contributed by atoms with Crippen molar-refractivity contribution in [3.05, 3.63) is 59.9 Å². The minimum Gasteiger partial charge on any atom is -0.481 e. The van der Waals surface area contributed by atoms with E-state index in [9.17, 15) is 18.3 Å². The Balaban J connectivity index is 1.47. The molecule has 0 bridgehead atoms. The lowest BCUT2D eigenvalue weighted by Crippen LogP contribution is -2.47. The molecule has 0 atom stereocenters. The Labute approximate surface area is 217 Å². The Kier molecular flexibility index (Phi) is 5.95. The first-order valence-corrected chi connectivity index (χ1v) is 15.2. The highest BCUT2D eigenvalue weighted by atomic mass is 32.2. The van der Waals surface area contributed by atoms with Crippen molar-refractivity contribution in [1.82, 2.24) is 9.55 Å². The highest BCUT2D eigenvalue weighted by Gasteiger charge is 2.52. The molecule has 7 nitrogen and oxygen atoms in total. The number of nitrogens with zero attached hydrogens (tertiary/aromatic N) is 2. The smallest absolute Gasteiger partial charge is 0.314 e. The molecule has 8 heteroatoms. The molecule has 6 rings (SSSR count). The standard InChI is InChI=1S/C29H34N2O5S/c1-37(34,35)24-9-5-8-23-25(24)30-26(31(23)18-20-10-11-20)29(36-19-21-12-13-21)16-14-28(15-17-29,27(32)33)22-6-3-2-4-7-22/h2-9,20-21H,10-19H2,1H3,(H,32,33). The van der Waals surface area contributed by atoms with Gasteiger partial charge in [0, 0.05) is 12.8 Å². The Hall–Kier alpha value is -2.71. The van der Waals surface area contributed by atoms with Crippen molar-refractivity contribution < 1.29 is 23.1 Å². The lowest BCUT2D eigenvalue weighted by molar-refractivity contribution is -0.151. The highest BCUT2D eigenvalue weighted by molar-refractivity contribution is 7.91. The van der Waals surface area contributed by atoms with E-state index in [4.69, 9.17) is 9.72 Å². The number of para-hydroxylation sites is 1. The summed E-state index contributed by atoms with van der Waals surface area (Å²) in [7, 11) is -3.47. The van der Waals surface area contributed by atoms with Crippen molar-refractivity contribution in [3.8, 4) is 0 Å². The molecule has 37 heavy (non-hydrogen) atoms. The van der Waals surface area contributed by atoms with Crippen molar-refractivity contribution >= 4 is 26.8 Å². The molecule has 0 aliphatic heterocycles. The van der Waals surface area contributed by atoms with Gasteiger partial charge >= 0.3 is 5.97 Å². The van der Waals surface area contributed by atoms with Gasteiger partial charge < -0.3 is 14.4 Å². The number of hydrogen-bond acceptors (Lipinski definition) is 5. The van der Waals surface area contributed by atoms with E-state index >= 15 is 0 Å². The van der Waals surface area contributed by atoms with Crippen LogP contribution in [0.25, 0.3) is 11.0 Å². The van der Waals surface area contributed by atoms with E-state index in [2.05, 4.69) is 4.57 Å². The lowest BCUT2D eigenvalue weighted by atomic mass is 9.65. The topological polar surface area (TPSA) is 98.5 Å². The van der Waals surface area contributed by atoms with Gasteiger partial charge in [0.25, 0.3) is 0 Å². The average molecular weight is 523 g/mol. The van der Waals surface area contributed by atoms with Gasteiger partial charge in [0.1, 0.15) is 16.9 Å². The fourth-order valence-corrected chi connectivity index (χ4v) is 6.80. The van der Waals surface area contributed by atoms with Gasteiger partial charge in [0.15, 0.2) is 9.84 Å². The van der Waals surface area contributed by atoms with Gasteiger partial charge in [-0.2, -0.15) is 0 Å². The zero-order valence-corrected chi connectivity index (χ0v) is 22.0. The van der Waals surface area contributed by atoms with Gasteiger partial charge in [-0.15, -0.1) is 0 Å². The summed E-state index contributed by atoms with van der Waals surface area (Å²) >= 11 is 0. The molecule has 0 unspecified atom stereocenters. The van der Waals surface area contributed by atoms with Gasteiger partial charge in [-0.25, -0.2) is 13.4 Å². The van der Waals surface area contributed by atoms with Crippen LogP contribution in [0.5, 0.6) is 0 Å². The van der Waals surface area contributed by atoms with E-state index in [0.717, 1.165) is 49.1 Å². The van der Waals surface area contributed by atoms with Crippen LogP contribution < -0.4 is 0 Å². The van der Waals surface area contributed by atoms with Crippen molar-refractivity contribution in [1.29, 1.82) is 0 Å². The molecule has 1 N–H and O–H groups in total. The summed E-state index contributed by atoms with van der Waals surface area (Å²) in [6.07, 6.45) is 7.72. The van der Waals surface area contributed by atoms with Crippen LogP contribution in [0.2, 0.25) is 0 Å². The summed E-state index contributed by atoms with van der Waals surface area (Å²) in [5, 5.41) is 10.4. The van der Waals surface area contributed by atoms with Gasteiger partial charge in [-0.3, -0.25) is 4.79 Å². The SMILES string of the molecule is CS(=O)(=O)c1cccc2c1nc(C1(OCC3CC3)CCC(C(=O)O)(c3ccccc3)CC1)n2CC1CC1. The van der Waals surface area contributed by atoms with E-state index < -0.39 is 26.8 Å². The van der Waals surface area contributed by atoms with Crippen LogP contribution in [0.15, 0.2) is 53.4 Å². The number of carbonyl (C=O) groups is 1. The van der Waals surface area contributed by atoms with Crippen molar-refractivity contribution in [2.24, 2.45) is 11.8 Å². The Morgan fingerprint density at radius 2 is 1.68 bits per heavy atom. The molecule has 0 amide bonds. The minimum absolute atomic E-state index is 0.234. The van der Waals surface area contributed by atoms with Gasteiger partial charge in [-0.05, 0) is 80.9 Å². The molecule has 2 aromatic carbocycles. The number of imidazole rings is 1. The maximum Gasteiger partial charge on any atom is 0.314 e. The first-order valence-electron chi connectivity index (χ1n) is 13.3. The van der Waals surface area contributed by atoms with Crippen LogP contribution in [0.3, 0.4) is 0 Å². The Bertz CT molecular complexity index is 1430. The van der Waals surface area contributed by atoms with Gasteiger partial charge in [-0.1, -0.05) is 36.4 Å². The van der Waals surface area contributed by atoms with E-state index in [-0.39, 0.29) is 4.90 Å². The second kappa shape index (κ2) is 8.95. The zero-order valence-electron chi connectivity index (χ0n) is 21.2. The Morgan fingerprint density at radius 3 is 2.27 bits per heavy atom. The van der Waals surface area contributed by atoms with Crippen LogP contribution in [0.1, 0.15) is 62.8 Å². The fourth-order valence-electron chi connectivity index (χ4n) is 5.97. The zero-order chi connectivity index (χ0) is 25.8. The highest BCUT2D eigenvalue weighted by Crippen LogP contribution is 2.51. The molecule has 0 saturated heterocycles. The number of ether oxygens (including phenoxy) is 1. The number of rotatable bonds is 9.